The van der Waals surface area contributed by atoms with Crippen molar-refractivity contribution in [2.24, 2.45) is 0 Å². The molecule has 3 amide bonds. The Balaban J connectivity index is 1.48. The van der Waals surface area contributed by atoms with Gasteiger partial charge in [-0.25, -0.2) is 19.1 Å². The van der Waals surface area contributed by atoms with Gasteiger partial charge in [0, 0.05) is 39.1 Å². The number of urea groups is 1. The standard InChI is InChI=1S/C25H32F2N4O3/c26-21-10-6-19(7-11-21)24(20-8-12-22(27)13-9-20)30-15-17-31(18-16-30)25(33)28-14-4-2-1-3-5-23(32)29-34/h6-13,24,34H,1-5,14-18H2,(H,28,33)(H,29,32). The van der Waals surface area contributed by atoms with Crippen LogP contribution in [0.3, 0.4) is 0 Å². The minimum absolute atomic E-state index is 0.0978. The molecule has 3 N–H and O–H groups in total. The van der Waals surface area contributed by atoms with Crippen molar-refractivity contribution in [1.82, 2.24) is 20.6 Å². The van der Waals surface area contributed by atoms with Crippen LogP contribution in [0.1, 0.15) is 49.3 Å². The van der Waals surface area contributed by atoms with Gasteiger partial charge in [0.05, 0.1) is 6.04 Å². The first kappa shape index (κ1) is 25.6. The Bertz CT molecular complexity index is 871. The number of amides is 3. The number of hydrogen-bond acceptors (Lipinski definition) is 4. The van der Waals surface area contributed by atoms with Crippen molar-refractivity contribution in [3.8, 4) is 0 Å². The largest absolute Gasteiger partial charge is 0.338 e. The molecule has 184 valence electrons. The topological polar surface area (TPSA) is 84.9 Å². The van der Waals surface area contributed by atoms with Crippen LogP contribution in [0.4, 0.5) is 13.6 Å². The van der Waals surface area contributed by atoms with Crippen LogP contribution in [-0.2, 0) is 4.79 Å². The highest BCUT2D eigenvalue weighted by Gasteiger charge is 2.28. The fraction of sp³-hybridized carbons (Fsp3) is 0.440. The van der Waals surface area contributed by atoms with Gasteiger partial charge in [0.1, 0.15) is 11.6 Å². The zero-order valence-corrected chi connectivity index (χ0v) is 19.2. The molecule has 1 saturated heterocycles. The quantitative estimate of drug-likeness (QED) is 0.278. The number of carbonyl (C=O) groups excluding carboxylic acids is 2. The molecule has 1 heterocycles. The molecule has 34 heavy (non-hydrogen) atoms. The molecular formula is C25H32F2N4O3. The number of nitrogens with zero attached hydrogens (tertiary/aromatic N) is 2. The van der Waals surface area contributed by atoms with Crippen molar-refractivity contribution < 1.29 is 23.6 Å². The van der Waals surface area contributed by atoms with Crippen LogP contribution >= 0.6 is 0 Å². The van der Waals surface area contributed by atoms with Gasteiger partial charge in [-0.3, -0.25) is 14.9 Å². The second kappa shape index (κ2) is 13.0. The van der Waals surface area contributed by atoms with Crippen molar-refractivity contribution in [1.29, 1.82) is 0 Å². The lowest BCUT2D eigenvalue weighted by molar-refractivity contribution is -0.129. The van der Waals surface area contributed by atoms with Gasteiger partial charge in [0.15, 0.2) is 0 Å². The van der Waals surface area contributed by atoms with E-state index in [1.165, 1.54) is 24.3 Å². The molecule has 2 aromatic rings. The third-order valence-electron chi connectivity index (χ3n) is 6.07. The Hall–Kier alpha value is -3.04. The predicted octanol–water partition coefficient (Wildman–Crippen LogP) is 3.84. The Kier molecular flexibility index (Phi) is 9.78. The van der Waals surface area contributed by atoms with Gasteiger partial charge < -0.3 is 10.2 Å². The van der Waals surface area contributed by atoms with E-state index in [4.69, 9.17) is 5.21 Å². The molecule has 1 fully saturated rings. The first-order valence-electron chi connectivity index (χ1n) is 11.7. The van der Waals surface area contributed by atoms with Crippen molar-refractivity contribution >= 4 is 11.9 Å². The number of rotatable bonds is 10. The maximum atomic E-state index is 13.5. The van der Waals surface area contributed by atoms with Crippen LogP contribution in [0, 0.1) is 11.6 Å². The third kappa shape index (κ3) is 7.50. The maximum absolute atomic E-state index is 13.5. The molecule has 0 radical (unpaired) electrons. The van der Waals surface area contributed by atoms with E-state index in [0.717, 1.165) is 30.4 Å². The summed E-state index contributed by atoms with van der Waals surface area (Å²) in [6, 6.07) is 12.5. The molecule has 3 rings (SSSR count). The van der Waals surface area contributed by atoms with Crippen LogP contribution < -0.4 is 10.8 Å². The van der Waals surface area contributed by atoms with E-state index in [-0.39, 0.29) is 29.6 Å². The first-order valence-corrected chi connectivity index (χ1v) is 11.7. The van der Waals surface area contributed by atoms with E-state index in [1.54, 1.807) is 34.6 Å². The predicted molar refractivity (Wildman–Crippen MR) is 124 cm³/mol. The second-order valence-electron chi connectivity index (χ2n) is 8.46. The number of benzene rings is 2. The maximum Gasteiger partial charge on any atom is 0.317 e. The molecular weight excluding hydrogens is 442 g/mol. The van der Waals surface area contributed by atoms with Crippen LogP contribution in [-0.4, -0.2) is 59.7 Å². The van der Waals surface area contributed by atoms with Gasteiger partial charge in [0.2, 0.25) is 5.91 Å². The average Bonchev–Trinajstić information content (AvgIpc) is 2.86. The second-order valence-corrected chi connectivity index (χ2v) is 8.46. The van der Waals surface area contributed by atoms with E-state index in [1.807, 2.05) is 0 Å². The van der Waals surface area contributed by atoms with E-state index >= 15 is 0 Å². The molecule has 2 aromatic carbocycles. The van der Waals surface area contributed by atoms with Crippen molar-refractivity contribution in [2.45, 2.75) is 38.1 Å². The lowest BCUT2D eigenvalue weighted by Gasteiger charge is -2.39. The van der Waals surface area contributed by atoms with Gasteiger partial charge in [0.25, 0.3) is 0 Å². The van der Waals surface area contributed by atoms with Crippen molar-refractivity contribution in [3.05, 3.63) is 71.3 Å². The summed E-state index contributed by atoms with van der Waals surface area (Å²) in [5.41, 5.74) is 3.45. The van der Waals surface area contributed by atoms with Crippen molar-refractivity contribution in [2.75, 3.05) is 32.7 Å². The molecule has 9 heteroatoms. The minimum Gasteiger partial charge on any atom is -0.338 e. The SMILES string of the molecule is O=C(CCCCCCNC(=O)N1CCN(C(c2ccc(F)cc2)c2ccc(F)cc2)CC1)NO. The smallest absolute Gasteiger partial charge is 0.317 e. The Morgan fingerprint density at radius 3 is 1.88 bits per heavy atom. The molecule has 0 aliphatic carbocycles. The highest BCUT2D eigenvalue weighted by Crippen LogP contribution is 2.30. The fourth-order valence-corrected chi connectivity index (χ4v) is 4.21. The summed E-state index contributed by atoms with van der Waals surface area (Å²) in [5, 5.41) is 11.4. The van der Waals surface area contributed by atoms with Gasteiger partial charge in [-0.05, 0) is 48.2 Å². The van der Waals surface area contributed by atoms with Gasteiger partial charge >= 0.3 is 6.03 Å². The molecule has 0 saturated carbocycles. The minimum atomic E-state index is -0.381. The monoisotopic (exact) mass is 474 g/mol. The summed E-state index contributed by atoms with van der Waals surface area (Å²) in [5.74, 6) is -0.994. The summed E-state index contributed by atoms with van der Waals surface area (Å²) in [4.78, 5) is 27.5. The number of hydrogen-bond donors (Lipinski definition) is 3. The Morgan fingerprint density at radius 2 is 1.35 bits per heavy atom. The first-order chi connectivity index (χ1) is 16.5. The zero-order chi connectivity index (χ0) is 24.3. The summed E-state index contributed by atoms with van der Waals surface area (Å²) in [6.45, 7) is 2.96. The van der Waals surface area contributed by atoms with Crippen LogP contribution in [0.2, 0.25) is 0 Å². The molecule has 0 unspecified atom stereocenters. The lowest BCUT2D eigenvalue weighted by Crippen LogP contribution is -2.52. The summed E-state index contributed by atoms with van der Waals surface area (Å²) in [7, 11) is 0. The molecule has 1 aliphatic heterocycles. The highest BCUT2D eigenvalue weighted by molar-refractivity contribution is 5.74. The van der Waals surface area contributed by atoms with Crippen LogP contribution in [0.15, 0.2) is 48.5 Å². The van der Waals surface area contributed by atoms with E-state index < -0.39 is 0 Å². The van der Waals surface area contributed by atoms with Gasteiger partial charge in [-0.1, -0.05) is 37.1 Å². The van der Waals surface area contributed by atoms with E-state index in [0.29, 0.717) is 45.6 Å². The zero-order valence-electron chi connectivity index (χ0n) is 19.2. The van der Waals surface area contributed by atoms with E-state index in [2.05, 4.69) is 10.2 Å². The normalized spacial score (nSPS) is 14.3. The molecule has 0 bridgehead atoms. The van der Waals surface area contributed by atoms with Gasteiger partial charge in [-0.15, -0.1) is 0 Å². The van der Waals surface area contributed by atoms with Gasteiger partial charge in [-0.2, -0.15) is 0 Å². The number of hydroxylamine groups is 1. The average molecular weight is 475 g/mol. The molecule has 0 aromatic heterocycles. The summed E-state index contributed by atoms with van der Waals surface area (Å²) in [6.07, 6.45) is 3.57. The molecule has 0 spiro atoms. The number of unbranched alkanes of at least 4 members (excludes halogenated alkanes) is 3. The van der Waals surface area contributed by atoms with Crippen LogP contribution in [0.25, 0.3) is 0 Å². The number of nitrogens with one attached hydrogen (secondary N) is 2. The number of halogens is 2. The highest BCUT2D eigenvalue weighted by atomic mass is 19.1. The molecule has 0 atom stereocenters. The molecule has 1 aliphatic rings. The lowest BCUT2D eigenvalue weighted by atomic mass is 9.96. The van der Waals surface area contributed by atoms with Crippen molar-refractivity contribution in [3.63, 3.8) is 0 Å². The molecule has 7 nitrogen and oxygen atoms in total. The van der Waals surface area contributed by atoms with Crippen LogP contribution in [0.5, 0.6) is 0 Å². The summed E-state index contributed by atoms with van der Waals surface area (Å²) >= 11 is 0. The summed E-state index contributed by atoms with van der Waals surface area (Å²) < 4.78 is 27.0. The Morgan fingerprint density at radius 1 is 0.824 bits per heavy atom. The number of carbonyl (C=O) groups is 2. The third-order valence-corrected chi connectivity index (χ3v) is 6.07. The fourth-order valence-electron chi connectivity index (χ4n) is 4.21. The Labute approximate surface area is 198 Å². The van der Waals surface area contributed by atoms with E-state index in [9.17, 15) is 18.4 Å². The number of piperazine rings is 1.